The van der Waals surface area contributed by atoms with Crippen molar-refractivity contribution >= 4 is 5.97 Å². The molecule has 6 atom stereocenters. The van der Waals surface area contributed by atoms with Gasteiger partial charge in [0.2, 0.25) is 0 Å². The molecular weight excluding hydrogens is 450 g/mol. The summed E-state index contributed by atoms with van der Waals surface area (Å²) in [5.41, 5.74) is 2.01. The van der Waals surface area contributed by atoms with Gasteiger partial charge in [0.15, 0.2) is 12.1 Å². The SMILES string of the molecule is CCOC(=O)C(C(O)C1OC(OC)C2OC(C)(C)OC21)N(Cc1ccccc1)Cc1ccccc1. The van der Waals surface area contributed by atoms with Crippen molar-refractivity contribution in [3.05, 3.63) is 71.8 Å². The summed E-state index contributed by atoms with van der Waals surface area (Å²) in [5.74, 6) is -1.38. The number of carbonyl (C=O) groups is 1. The highest BCUT2D eigenvalue weighted by Gasteiger charge is 2.59. The van der Waals surface area contributed by atoms with Gasteiger partial charge in [-0.1, -0.05) is 60.7 Å². The molecule has 2 aliphatic heterocycles. The Labute approximate surface area is 206 Å². The van der Waals surface area contributed by atoms with Gasteiger partial charge >= 0.3 is 5.97 Å². The van der Waals surface area contributed by atoms with Crippen LogP contribution in [0.2, 0.25) is 0 Å². The van der Waals surface area contributed by atoms with Gasteiger partial charge < -0.3 is 28.8 Å². The Balaban J connectivity index is 1.67. The average Bonchev–Trinajstić information content (AvgIpc) is 3.33. The molecule has 8 heteroatoms. The minimum atomic E-state index is -1.26. The van der Waals surface area contributed by atoms with Gasteiger partial charge in [-0.2, -0.15) is 0 Å². The second kappa shape index (κ2) is 11.2. The Kier molecular flexibility index (Phi) is 8.21. The van der Waals surface area contributed by atoms with Crippen molar-refractivity contribution in [1.29, 1.82) is 0 Å². The Morgan fingerprint density at radius 3 is 2.06 bits per heavy atom. The minimum absolute atomic E-state index is 0.192. The number of nitrogens with zero attached hydrogens (tertiary/aromatic N) is 1. The number of aliphatic hydroxyl groups is 1. The fourth-order valence-corrected chi connectivity index (χ4v) is 4.86. The van der Waals surface area contributed by atoms with Crippen LogP contribution >= 0.6 is 0 Å². The average molecular weight is 486 g/mol. The lowest BCUT2D eigenvalue weighted by Crippen LogP contribution is -2.56. The Morgan fingerprint density at radius 1 is 1.00 bits per heavy atom. The highest BCUT2D eigenvalue weighted by molar-refractivity contribution is 5.76. The van der Waals surface area contributed by atoms with Crippen molar-refractivity contribution in [2.45, 2.75) is 76.4 Å². The van der Waals surface area contributed by atoms with Crippen molar-refractivity contribution in [1.82, 2.24) is 4.90 Å². The summed E-state index contributed by atoms with van der Waals surface area (Å²) >= 11 is 0. The molecule has 0 aromatic heterocycles. The van der Waals surface area contributed by atoms with Crippen LogP contribution in [0, 0.1) is 0 Å². The van der Waals surface area contributed by atoms with Gasteiger partial charge in [0.25, 0.3) is 0 Å². The number of hydrogen-bond donors (Lipinski definition) is 1. The zero-order chi connectivity index (χ0) is 25.0. The van der Waals surface area contributed by atoms with Crippen LogP contribution in [0.1, 0.15) is 31.9 Å². The number of aliphatic hydroxyl groups excluding tert-OH is 1. The standard InChI is InChI=1S/C27H35NO7/c1-5-32-25(30)20(21(29)22-23-24(26(31-4)33-22)35-27(2,3)34-23)28(16-18-12-8-6-9-13-18)17-19-14-10-7-11-15-19/h6-15,20-24,26,29H,5,16-17H2,1-4H3. The third-order valence-electron chi connectivity index (χ3n) is 6.32. The third-order valence-corrected chi connectivity index (χ3v) is 6.32. The van der Waals surface area contributed by atoms with Crippen LogP contribution in [-0.2, 0) is 41.6 Å². The quantitative estimate of drug-likeness (QED) is 0.514. The molecule has 0 saturated carbocycles. The molecule has 0 bridgehead atoms. The summed E-state index contributed by atoms with van der Waals surface area (Å²) in [6.45, 7) is 6.40. The van der Waals surface area contributed by atoms with E-state index in [9.17, 15) is 9.90 Å². The van der Waals surface area contributed by atoms with Gasteiger partial charge in [-0.15, -0.1) is 0 Å². The first-order valence-corrected chi connectivity index (χ1v) is 12.0. The molecule has 2 aliphatic rings. The lowest BCUT2D eigenvalue weighted by Gasteiger charge is -2.36. The molecule has 8 nitrogen and oxygen atoms in total. The van der Waals surface area contributed by atoms with Crippen LogP contribution in [0.25, 0.3) is 0 Å². The molecular formula is C27H35NO7. The number of hydrogen-bond acceptors (Lipinski definition) is 8. The predicted octanol–water partition coefficient (Wildman–Crippen LogP) is 2.87. The molecule has 2 aromatic carbocycles. The number of benzene rings is 2. The smallest absolute Gasteiger partial charge is 0.326 e. The van der Waals surface area contributed by atoms with Crippen LogP contribution in [0.15, 0.2) is 60.7 Å². The highest BCUT2D eigenvalue weighted by atomic mass is 16.8. The predicted molar refractivity (Wildman–Crippen MR) is 128 cm³/mol. The summed E-state index contributed by atoms with van der Waals surface area (Å²) in [5, 5.41) is 11.7. The summed E-state index contributed by atoms with van der Waals surface area (Å²) in [7, 11) is 1.52. The number of carbonyl (C=O) groups excluding carboxylic acids is 1. The first kappa shape index (κ1) is 25.8. The Morgan fingerprint density at radius 2 is 1.54 bits per heavy atom. The summed E-state index contributed by atoms with van der Waals surface area (Å²) < 4.78 is 29.0. The van der Waals surface area contributed by atoms with Crippen molar-refractivity contribution in [3.63, 3.8) is 0 Å². The van der Waals surface area contributed by atoms with Crippen molar-refractivity contribution < 1.29 is 33.6 Å². The second-order valence-corrected chi connectivity index (χ2v) is 9.33. The molecule has 2 fully saturated rings. The van der Waals surface area contributed by atoms with Crippen molar-refractivity contribution in [2.75, 3.05) is 13.7 Å². The maximum atomic E-state index is 13.4. The van der Waals surface area contributed by atoms with Crippen molar-refractivity contribution in [3.8, 4) is 0 Å². The van der Waals surface area contributed by atoms with E-state index < -0.39 is 48.5 Å². The van der Waals surface area contributed by atoms with E-state index in [0.29, 0.717) is 13.1 Å². The maximum absolute atomic E-state index is 13.4. The topological polar surface area (TPSA) is 86.7 Å². The van der Waals surface area contributed by atoms with Gasteiger partial charge in [0.1, 0.15) is 30.5 Å². The van der Waals surface area contributed by atoms with Gasteiger partial charge in [-0.25, -0.2) is 0 Å². The van der Waals surface area contributed by atoms with Gasteiger partial charge in [0.05, 0.1) is 6.61 Å². The molecule has 4 rings (SSSR count). The minimum Gasteiger partial charge on any atom is -0.465 e. The highest BCUT2D eigenvalue weighted by Crippen LogP contribution is 2.41. The third kappa shape index (κ3) is 5.91. The first-order valence-electron chi connectivity index (χ1n) is 12.0. The molecule has 1 N–H and O–H groups in total. The molecule has 190 valence electrons. The monoisotopic (exact) mass is 485 g/mol. The Hall–Kier alpha value is -2.33. The molecule has 0 spiro atoms. The summed E-state index contributed by atoms with van der Waals surface area (Å²) in [6, 6.07) is 18.6. The number of ether oxygens (including phenoxy) is 5. The van der Waals surface area contributed by atoms with E-state index >= 15 is 0 Å². The fourth-order valence-electron chi connectivity index (χ4n) is 4.86. The lowest BCUT2D eigenvalue weighted by atomic mass is 9.97. The zero-order valence-electron chi connectivity index (χ0n) is 20.7. The summed E-state index contributed by atoms with van der Waals surface area (Å²) in [4.78, 5) is 15.3. The van der Waals surface area contributed by atoms with Crippen LogP contribution in [0.4, 0.5) is 0 Å². The van der Waals surface area contributed by atoms with Gasteiger partial charge in [0, 0.05) is 20.2 Å². The van der Waals surface area contributed by atoms with Crippen LogP contribution in [0.5, 0.6) is 0 Å². The second-order valence-electron chi connectivity index (χ2n) is 9.33. The number of fused-ring (bicyclic) bond motifs is 1. The molecule has 0 radical (unpaired) electrons. The van der Waals surface area contributed by atoms with E-state index in [1.165, 1.54) is 7.11 Å². The van der Waals surface area contributed by atoms with Gasteiger partial charge in [-0.05, 0) is 31.9 Å². The Bertz CT molecular complexity index is 913. The largest absolute Gasteiger partial charge is 0.465 e. The van der Waals surface area contributed by atoms with E-state index in [0.717, 1.165) is 11.1 Å². The van der Waals surface area contributed by atoms with E-state index in [2.05, 4.69) is 0 Å². The van der Waals surface area contributed by atoms with E-state index in [1.54, 1.807) is 20.8 Å². The molecule has 6 unspecified atom stereocenters. The number of rotatable bonds is 10. The fraction of sp³-hybridized carbons (Fsp3) is 0.519. The van der Waals surface area contributed by atoms with E-state index in [1.807, 2.05) is 65.6 Å². The molecule has 35 heavy (non-hydrogen) atoms. The normalized spacial score (nSPS) is 26.9. The molecule has 2 saturated heterocycles. The van der Waals surface area contributed by atoms with E-state index in [-0.39, 0.29) is 6.61 Å². The maximum Gasteiger partial charge on any atom is 0.326 e. The lowest BCUT2D eigenvalue weighted by molar-refractivity contribution is -0.240. The molecule has 0 aliphatic carbocycles. The van der Waals surface area contributed by atoms with Gasteiger partial charge in [-0.3, -0.25) is 9.69 Å². The first-order chi connectivity index (χ1) is 16.8. The van der Waals surface area contributed by atoms with Crippen LogP contribution in [-0.4, -0.2) is 72.2 Å². The van der Waals surface area contributed by atoms with Crippen molar-refractivity contribution in [2.24, 2.45) is 0 Å². The van der Waals surface area contributed by atoms with E-state index in [4.69, 9.17) is 23.7 Å². The molecule has 0 amide bonds. The zero-order valence-corrected chi connectivity index (χ0v) is 20.7. The number of esters is 1. The number of methoxy groups -OCH3 is 1. The van der Waals surface area contributed by atoms with Crippen LogP contribution < -0.4 is 0 Å². The molecule has 2 heterocycles. The summed E-state index contributed by atoms with van der Waals surface area (Å²) in [6.07, 6.45) is -3.95. The molecule has 2 aromatic rings. The van der Waals surface area contributed by atoms with Crippen LogP contribution in [0.3, 0.4) is 0 Å².